The van der Waals surface area contributed by atoms with E-state index in [-0.39, 0.29) is 5.91 Å². The van der Waals surface area contributed by atoms with Crippen LogP contribution in [-0.2, 0) is 17.9 Å². The van der Waals surface area contributed by atoms with E-state index in [1.54, 1.807) is 22.7 Å². The molecule has 0 radical (unpaired) electrons. The zero-order valence-corrected chi connectivity index (χ0v) is 13.8. The lowest BCUT2D eigenvalue weighted by Gasteiger charge is -2.15. The Morgan fingerprint density at radius 3 is 2.84 bits per heavy atom. The Hall–Kier alpha value is -0.690. The highest BCUT2D eigenvalue weighted by atomic mass is 79.9. The van der Waals surface area contributed by atoms with E-state index in [0.29, 0.717) is 13.1 Å². The molecule has 0 saturated carbocycles. The second-order valence-corrected chi connectivity index (χ2v) is 7.81. The highest BCUT2D eigenvalue weighted by molar-refractivity contribution is 9.11. The van der Waals surface area contributed by atoms with Gasteiger partial charge in [0.15, 0.2) is 0 Å². The van der Waals surface area contributed by atoms with Crippen LogP contribution in [0.15, 0.2) is 33.4 Å². The minimum atomic E-state index is 0.0616. The third-order valence-corrected chi connectivity index (χ3v) is 4.99. The lowest BCUT2D eigenvalue weighted by atomic mass is 10.4. The van der Waals surface area contributed by atoms with E-state index in [9.17, 15) is 4.79 Å². The second kappa shape index (κ2) is 7.19. The van der Waals surface area contributed by atoms with E-state index < -0.39 is 0 Å². The molecule has 0 aliphatic carbocycles. The summed E-state index contributed by atoms with van der Waals surface area (Å²) in [5.41, 5.74) is 0. The van der Waals surface area contributed by atoms with Gasteiger partial charge >= 0.3 is 0 Å². The van der Waals surface area contributed by atoms with Crippen LogP contribution in [0.3, 0.4) is 0 Å². The first-order valence-electron chi connectivity index (χ1n) is 5.85. The van der Waals surface area contributed by atoms with E-state index in [1.165, 1.54) is 9.75 Å². The maximum atomic E-state index is 11.8. The smallest absolute Gasteiger partial charge is 0.234 e. The Balaban J connectivity index is 1.72. The van der Waals surface area contributed by atoms with Crippen molar-refractivity contribution >= 4 is 44.5 Å². The summed E-state index contributed by atoms with van der Waals surface area (Å²) >= 11 is 6.80. The van der Waals surface area contributed by atoms with Crippen molar-refractivity contribution in [3.05, 3.63) is 43.2 Å². The van der Waals surface area contributed by atoms with Crippen molar-refractivity contribution in [3.63, 3.8) is 0 Å². The number of nitrogens with one attached hydrogen (secondary N) is 1. The first-order chi connectivity index (χ1) is 9.13. The summed E-state index contributed by atoms with van der Waals surface area (Å²) in [5, 5.41) is 4.95. The molecule has 0 saturated heterocycles. The molecule has 102 valence electrons. The Bertz CT molecular complexity index is 524. The molecule has 2 rings (SSSR count). The SMILES string of the molecule is CN(CC(=O)NCc1cccs1)Cc1ccc(Br)s1. The molecule has 1 amide bonds. The highest BCUT2D eigenvalue weighted by Crippen LogP contribution is 2.22. The van der Waals surface area contributed by atoms with Crippen LogP contribution in [0, 0.1) is 0 Å². The molecule has 0 spiro atoms. The Morgan fingerprint density at radius 1 is 1.37 bits per heavy atom. The van der Waals surface area contributed by atoms with Crippen molar-refractivity contribution in [2.75, 3.05) is 13.6 Å². The molecule has 0 unspecified atom stereocenters. The number of carbonyl (C=O) groups excluding carboxylic acids is 1. The van der Waals surface area contributed by atoms with Gasteiger partial charge in [0.1, 0.15) is 0 Å². The van der Waals surface area contributed by atoms with Gasteiger partial charge in [0.05, 0.1) is 16.9 Å². The van der Waals surface area contributed by atoms with Gasteiger partial charge in [-0.25, -0.2) is 0 Å². The lowest BCUT2D eigenvalue weighted by molar-refractivity contribution is -0.122. The quantitative estimate of drug-likeness (QED) is 0.858. The van der Waals surface area contributed by atoms with E-state index in [0.717, 1.165) is 10.3 Å². The molecule has 0 aliphatic heterocycles. The van der Waals surface area contributed by atoms with Crippen LogP contribution in [0.25, 0.3) is 0 Å². The van der Waals surface area contributed by atoms with Crippen LogP contribution in [-0.4, -0.2) is 24.4 Å². The Morgan fingerprint density at radius 2 is 2.21 bits per heavy atom. The lowest BCUT2D eigenvalue weighted by Crippen LogP contribution is -2.34. The molecule has 0 fully saturated rings. The fourth-order valence-electron chi connectivity index (χ4n) is 1.66. The molecular formula is C13H15BrN2OS2. The number of likely N-dealkylation sites (N-methyl/N-ethyl adjacent to an activating group) is 1. The molecule has 0 atom stereocenters. The van der Waals surface area contributed by atoms with Crippen molar-refractivity contribution in [2.24, 2.45) is 0 Å². The molecule has 6 heteroatoms. The highest BCUT2D eigenvalue weighted by Gasteiger charge is 2.08. The standard InChI is InChI=1S/C13H15BrN2OS2/c1-16(8-11-4-5-12(14)19-11)9-13(17)15-7-10-3-2-6-18-10/h2-6H,7-9H2,1H3,(H,15,17). The second-order valence-electron chi connectivity index (χ2n) is 4.23. The minimum Gasteiger partial charge on any atom is -0.350 e. The van der Waals surface area contributed by atoms with Crippen LogP contribution >= 0.6 is 38.6 Å². The van der Waals surface area contributed by atoms with Gasteiger partial charge < -0.3 is 5.32 Å². The predicted molar refractivity (Wildman–Crippen MR) is 84.5 cm³/mol. The average molecular weight is 359 g/mol. The van der Waals surface area contributed by atoms with Crippen LogP contribution in [0.4, 0.5) is 0 Å². The Kier molecular flexibility index (Phi) is 5.57. The molecule has 19 heavy (non-hydrogen) atoms. The summed E-state index contributed by atoms with van der Waals surface area (Å²) in [7, 11) is 1.96. The number of thiophene rings is 2. The van der Waals surface area contributed by atoms with Crippen molar-refractivity contribution < 1.29 is 4.79 Å². The van der Waals surface area contributed by atoms with Crippen molar-refractivity contribution in [1.82, 2.24) is 10.2 Å². The number of rotatable bonds is 6. The monoisotopic (exact) mass is 358 g/mol. The number of carbonyl (C=O) groups is 1. The molecule has 3 nitrogen and oxygen atoms in total. The zero-order valence-electron chi connectivity index (χ0n) is 10.6. The van der Waals surface area contributed by atoms with Gasteiger partial charge in [-0.2, -0.15) is 0 Å². The van der Waals surface area contributed by atoms with E-state index in [1.807, 2.05) is 35.5 Å². The summed E-state index contributed by atoms with van der Waals surface area (Å²) in [5.74, 6) is 0.0616. The van der Waals surface area contributed by atoms with E-state index in [4.69, 9.17) is 0 Å². The number of halogens is 1. The van der Waals surface area contributed by atoms with Crippen molar-refractivity contribution in [1.29, 1.82) is 0 Å². The number of amides is 1. The molecule has 0 aliphatic rings. The number of nitrogens with zero attached hydrogens (tertiary/aromatic N) is 1. The van der Waals surface area contributed by atoms with Crippen LogP contribution < -0.4 is 5.32 Å². The van der Waals surface area contributed by atoms with Gasteiger partial charge in [-0.15, -0.1) is 22.7 Å². The first-order valence-corrected chi connectivity index (χ1v) is 8.34. The normalized spacial score (nSPS) is 10.9. The summed E-state index contributed by atoms with van der Waals surface area (Å²) in [6, 6.07) is 8.13. The third-order valence-electron chi connectivity index (χ3n) is 2.51. The van der Waals surface area contributed by atoms with Gasteiger partial charge in [-0.1, -0.05) is 6.07 Å². The molecule has 0 bridgehead atoms. The topological polar surface area (TPSA) is 32.3 Å². The maximum absolute atomic E-state index is 11.8. The Labute approximate surface area is 129 Å². The average Bonchev–Trinajstić information content (AvgIpc) is 2.98. The minimum absolute atomic E-state index is 0.0616. The zero-order chi connectivity index (χ0) is 13.7. The first kappa shape index (κ1) is 14.7. The summed E-state index contributed by atoms with van der Waals surface area (Å²) in [6.45, 7) is 1.83. The molecule has 2 aromatic rings. The summed E-state index contributed by atoms with van der Waals surface area (Å²) < 4.78 is 1.12. The van der Waals surface area contributed by atoms with Gasteiger partial charge in [0.25, 0.3) is 0 Å². The van der Waals surface area contributed by atoms with Crippen LogP contribution in [0.2, 0.25) is 0 Å². The largest absolute Gasteiger partial charge is 0.350 e. The van der Waals surface area contributed by atoms with Crippen molar-refractivity contribution in [3.8, 4) is 0 Å². The van der Waals surface area contributed by atoms with Gasteiger partial charge in [-0.05, 0) is 46.6 Å². The summed E-state index contributed by atoms with van der Waals surface area (Å²) in [4.78, 5) is 16.2. The van der Waals surface area contributed by atoms with Gasteiger partial charge in [0.2, 0.25) is 5.91 Å². The van der Waals surface area contributed by atoms with Crippen molar-refractivity contribution in [2.45, 2.75) is 13.1 Å². The van der Waals surface area contributed by atoms with E-state index in [2.05, 4.69) is 27.3 Å². The van der Waals surface area contributed by atoms with Gasteiger partial charge in [-0.3, -0.25) is 9.69 Å². The molecule has 2 heterocycles. The molecule has 0 aromatic carbocycles. The van der Waals surface area contributed by atoms with Crippen LogP contribution in [0.1, 0.15) is 9.75 Å². The number of hydrogen-bond acceptors (Lipinski definition) is 4. The maximum Gasteiger partial charge on any atom is 0.234 e. The fourth-order valence-corrected chi connectivity index (χ4v) is 3.87. The van der Waals surface area contributed by atoms with Crippen LogP contribution in [0.5, 0.6) is 0 Å². The molecule has 2 aromatic heterocycles. The molecule has 1 N–H and O–H groups in total. The summed E-state index contributed by atoms with van der Waals surface area (Å²) in [6.07, 6.45) is 0. The molecular weight excluding hydrogens is 344 g/mol. The fraction of sp³-hybridized carbons (Fsp3) is 0.308. The third kappa shape index (κ3) is 5.06. The van der Waals surface area contributed by atoms with Gasteiger partial charge in [0, 0.05) is 16.3 Å². The van der Waals surface area contributed by atoms with E-state index >= 15 is 0 Å². The number of hydrogen-bond donors (Lipinski definition) is 1. The predicted octanol–water partition coefficient (Wildman–Crippen LogP) is 3.32.